The average molecular weight is 202 g/mol. The lowest BCUT2D eigenvalue weighted by Crippen LogP contribution is -2.02. The Balaban J connectivity index is 2.54. The van der Waals surface area contributed by atoms with Gasteiger partial charge in [0.15, 0.2) is 0 Å². The largest absolute Gasteiger partial charge is 0.358 e. The van der Waals surface area contributed by atoms with Crippen LogP contribution in [0, 0.1) is 0 Å². The Morgan fingerprint density at radius 3 is 2.80 bits per heavy atom. The van der Waals surface area contributed by atoms with Gasteiger partial charge in [0, 0.05) is 16.6 Å². The van der Waals surface area contributed by atoms with Gasteiger partial charge in [0.05, 0.1) is 0 Å². The molecule has 0 aliphatic rings. The van der Waals surface area contributed by atoms with E-state index in [0.717, 1.165) is 6.42 Å². The van der Waals surface area contributed by atoms with E-state index in [0.29, 0.717) is 12.5 Å². The molecule has 0 aliphatic carbocycles. The van der Waals surface area contributed by atoms with Crippen molar-refractivity contribution in [3.63, 3.8) is 0 Å². The highest BCUT2D eigenvalue weighted by Crippen LogP contribution is 2.24. The molecule has 2 rings (SSSR count). The first-order valence-electron chi connectivity index (χ1n) is 5.53. The molecule has 80 valence electrons. The molecule has 2 aromatic rings. The third kappa shape index (κ3) is 1.90. The Bertz CT molecular complexity index is 455. The van der Waals surface area contributed by atoms with Crippen LogP contribution in [0.3, 0.4) is 0 Å². The van der Waals surface area contributed by atoms with Crippen molar-refractivity contribution in [3.05, 3.63) is 35.5 Å². The van der Waals surface area contributed by atoms with Crippen molar-refractivity contribution in [1.29, 1.82) is 0 Å². The van der Waals surface area contributed by atoms with E-state index in [-0.39, 0.29) is 0 Å². The third-order valence-corrected chi connectivity index (χ3v) is 2.81. The molecule has 15 heavy (non-hydrogen) atoms. The van der Waals surface area contributed by atoms with E-state index in [1.165, 1.54) is 22.2 Å². The van der Waals surface area contributed by atoms with Crippen molar-refractivity contribution in [2.24, 2.45) is 5.73 Å². The minimum Gasteiger partial charge on any atom is -0.358 e. The van der Waals surface area contributed by atoms with E-state index >= 15 is 0 Å². The van der Waals surface area contributed by atoms with Gasteiger partial charge >= 0.3 is 0 Å². The number of aromatic nitrogens is 1. The van der Waals surface area contributed by atoms with Crippen LogP contribution in [0.25, 0.3) is 10.9 Å². The second kappa shape index (κ2) is 4.07. The lowest BCUT2D eigenvalue weighted by atomic mass is 10.1. The number of fused-ring (bicyclic) bond motifs is 1. The van der Waals surface area contributed by atoms with Gasteiger partial charge < -0.3 is 10.7 Å². The van der Waals surface area contributed by atoms with E-state index in [9.17, 15) is 0 Å². The first kappa shape index (κ1) is 10.2. The molecule has 1 heterocycles. The SMILES string of the molecule is CC(C)c1cc2c(CCN)cccc2[nH]1. The Morgan fingerprint density at radius 1 is 1.33 bits per heavy atom. The number of benzene rings is 1. The fourth-order valence-corrected chi connectivity index (χ4v) is 1.92. The molecule has 1 aromatic heterocycles. The summed E-state index contributed by atoms with van der Waals surface area (Å²) in [6, 6.07) is 8.63. The van der Waals surface area contributed by atoms with Crippen LogP contribution in [0.15, 0.2) is 24.3 Å². The van der Waals surface area contributed by atoms with Crippen molar-refractivity contribution in [2.75, 3.05) is 6.54 Å². The normalized spacial score (nSPS) is 11.5. The second-order valence-corrected chi connectivity index (χ2v) is 4.30. The molecule has 0 radical (unpaired) electrons. The standard InChI is InChI=1S/C13H18N2/c1-9(2)13-8-11-10(6-7-14)4-3-5-12(11)15-13/h3-5,8-9,15H,6-7,14H2,1-2H3. The summed E-state index contributed by atoms with van der Waals surface area (Å²) in [6.45, 7) is 5.11. The number of rotatable bonds is 3. The lowest BCUT2D eigenvalue weighted by Gasteiger charge is -1.99. The van der Waals surface area contributed by atoms with Crippen LogP contribution in [0.4, 0.5) is 0 Å². The summed E-state index contributed by atoms with van der Waals surface area (Å²) in [5.74, 6) is 0.545. The number of aromatic amines is 1. The van der Waals surface area contributed by atoms with Gasteiger partial charge in [-0.2, -0.15) is 0 Å². The summed E-state index contributed by atoms with van der Waals surface area (Å²) in [7, 11) is 0. The number of nitrogens with two attached hydrogens (primary N) is 1. The van der Waals surface area contributed by atoms with Gasteiger partial charge in [0.1, 0.15) is 0 Å². The van der Waals surface area contributed by atoms with Gasteiger partial charge in [0.25, 0.3) is 0 Å². The monoisotopic (exact) mass is 202 g/mol. The van der Waals surface area contributed by atoms with Gasteiger partial charge in [-0.3, -0.25) is 0 Å². The van der Waals surface area contributed by atoms with E-state index in [2.05, 4.69) is 43.1 Å². The summed E-state index contributed by atoms with van der Waals surface area (Å²) in [4.78, 5) is 3.45. The minimum absolute atomic E-state index is 0.545. The zero-order valence-corrected chi connectivity index (χ0v) is 9.38. The molecule has 0 fully saturated rings. The van der Waals surface area contributed by atoms with Crippen LogP contribution >= 0.6 is 0 Å². The van der Waals surface area contributed by atoms with Crippen molar-refractivity contribution in [3.8, 4) is 0 Å². The van der Waals surface area contributed by atoms with Crippen molar-refractivity contribution < 1.29 is 0 Å². The fourth-order valence-electron chi connectivity index (χ4n) is 1.92. The first-order chi connectivity index (χ1) is 7.22. The minimum atomic E-state index is 0.545. The quantitative estimate of drug-likeness (QED) is 0.789. The van der Waals surface area contributed by atoms with Gasteiger partial charge in [-0.15, -0.1) is 0 Å². The molecule has 0 bridgehead atoms. The number of nitrogens with one attached hydrogen (secondary N) is 1. The van der Waals surface area contributed by atoms with Crippen molar-refractivity contribution >= 4 is 10.9 Å². The summed E-state index contributed by atoms with van der Waals surface area (Å²) >= 11 is 0. The maximum absolute atomic E-state index is 5.61. The second-order valence-electron chi connectivity index (χ2n) is 4.30. The highest BCUT2D eigenvalue weighted by Gasteiger charge is 2.06. The molecule has 0 aliphatic heterocycles. The Hall–Kier alpha value is -1.28. The highest BCUT2D eigenvalue weighted by molar-refractivity contribution is 5.84. The summed E-state index contributed by atoms with van der Waals surface area (Å²) in [5.41, 5.74) is 9.48. The first-order valence-corrected chi connectivity index (χ1v) is 5.53. The van der Waals surface area contributed by atoms with E-state index < -0.39 is 0 Å². The zero-order chi connectivity index (χ0) is 10.8. The van der Waals surface area contributed by atoms with Crippen molar-refractivity contribution in [2.45, 2.75) is 26.2 Å². The predicted octanol–water partition coefficient (Wildman–Crippen LogP) is 2.79. The Labute approximate surface area is 90.5 Å². The Morgan fingerprint density at radius 2 is 2.13 bits per heavy atom. The van der Waals surface area contributed by atoms with E-state index in [4.69, 9.17) is 5.73 Å². The molecule has 1 aromatic carbocycles. The maximum Gasteiger partial charge on any atom is 0.0458 e. The molecule has 0 unspecified atom stereocenters. The number of hydrogen-bond acceptors (Lipinski definition) is 1. The summed E-state index contributed by atoms with van der Waals surface area (Å²) < 4.78 is 0. The average Bonchev–Trinajstić information content (AvgIpc) is 2.63. The third-order valence-electron chi connectivity index (χ3n) is 2.81. The maximum atomic E-state index is 5.61. The van der Waals surface area contributed by atoms with Crippen LogP contribution in [-0.2, 0) is 6.42 Å². The molecule has 3 N–H and O–H groups in total. The molecule has 0 amide bonds. The van der Waals surface area contributed by atoms with Gasteiger partial charge in [0.2, 0.25) is 0 Å². The highest BCUT2D eigenvalue weighted by atomic mass is 14.7. The van der Waals surface area contributed by atoms with Gasteiger partial charge in [-0.05, 0) is 36.6 Å². The number of hydrogen-bond donors (Lipinski definition) is 2. The molecule has 2 nitrogen and oxygen atoms in total. The van der Waals surface area contributed by atoms with Crippen LogP contribution in [0.5, 0.6) is 0 Å². The van der Waals surface area contributed by atoms with Crippen LogP contribution < -0.4 is 5.73 Å². The van der Waals surface area contributed by atoms with Crippen LogP contribution in [0.2, 0.25) is 0 Å². The molecule has 2 heteroatoms. The van der Waals surface area contributed by atoms with Crippen LogP contribution in [-0.4, -0.2) is 11.5 Å². The molecule has 0 saturated heterocycles. The molecule has 0 saturated carbocycles. The van der Waals surface area contributed by atoms with Crippen molar-refractivity contribution in [1.82, 2.24) is 4.98 Å². The van der Waals surface area contributed by atoms with Crippen LogP contribution in [0.1, 0.15) is 31.0 Å². The fraction of sp³-hybridized carbons (Fsp3) is 0.385. The lowest BCUT2D eigenvalue weighted by molar-refractivity contribution is 0.836. The zero-order valence-electron chi connectivity index (χ0n) is 9.38. The summed E-state index contributed by atoms with van der Waals surface area (Å²) in [6.07, 6.45) is 0.951. The van der Waals surface area contributed by atoms with E-state index in [1.807, 2.05) is 0 Å². The molecular weight excluding hydrogens is 184 g/mol. The summed E-state index contributed by atoms with van der Waals surface area (Å²) in [5, 5.41) is 1.33. The van der Waals surface area contributed by atoms with Gasteiger partial charge in [-0.25, -0.2) is 0 Å². The molecule has 0 atom stereocenters. The van der Waals surface area contributed by atoms with E-state index in [1.54, 1.807) is 0 Å². The number of H-pyrrole nitrogens is 1. The predicted molar refractivity (Wildman–Crippen MR) is 65.1 cm³/mol. The smallest absolute Gasteiger partial charge is 0.0458 e. The topological polar surface area (TPSA) is 41.8 Å². The molecular formula is C13H18N2. The Kier molecular flexibility index (Phi) is 2.78. The van der Waals surface area contributed by atoms with Gasteiger partial charge in [-0.1, -0.05) is 26.0 Å². The molecule has 0 spiro atoms.